The van der Waals surface area contributed by atoms with E-state index in [0.29, 0.717) is 24.3 Å². The Morgan fingerprint density at radius 1 is 1.04 bits per heavy atom. The summed E-state index contributed by atoms with van der Waals surface area (Å²) in [6.45, 7) is 0.581. The highest BCUT2D eigenvalue weighted by Gasteiger charge is 2.46. The molecule has 1 heterocycles. The largest absolute Gasteiger partial charge is 0.489 e. The Bertz CT molecular complexity index is 916. The fraction of sp³-hybridized carbons (Fsp3) is 0.364. The van der Waals surface area contributed by atoms with Gasteiger partial charge in [0.25, 0.3) is 0 Å². The lowest BCUT2D eigenvalue weighted by Crippen LogP contribution is -2.44. The van der Waals surface area contributed by atoms with Crippen LogP contribution in [-0.2, 0) is 12.1 Å². The molecule has 0 amide bonds. The van der Waals surface area contributed by atoms with Gasteiger partial charge in [0.2, 0.25) is 5.89 Å². The third kappa shape index (κ3) is 3.23. The zero-order valence-electron chi connectivity index (χ0n) is 15.2. The van der Waals surface area contributed by atoms with Crippen molar-refractivity contribution in [1.29, 1.82) is 0 Å². The van der Waals surface area contributed by atoms with Crippen LogP contribution in [0.5, 0.6) is 5.75 Å². The SMILES string of the molecule is NC1(c2noc(C3CC3c3ccc(OCc4ccccc4)cc3)n2)CCC1. The lowest BCUT2D eigenvalue weighted by Gasteiger charge is -2.34. The molecule has 0 saturated heterocycles. The van der Waals surface area contributed by atoms with E-state index >= 15 is 0 Å². The van der Waals surface area contributed by atoms with Crippen molar-refractivity contribution < 1.29 is 9.26 Å². The molecule has 0 bridgehead atoms. The predicted octanol–water partition coefficient (Wildman–Crippen LogP) is 4.26. The van der Waals surface area contributed by atoms with Gasteiger partial charge in [-0.2, -0.15) is 4.98 Å². The number of benzene rings is 2. The van der Waals surface area contributed by atoms with Crippen LogP contribution in [0.1, 0.15) is 60.4 Å². The van der Waals surface area contributed by atoms with Crippen LogP contribution in [0.25, 0.3) is 0 Å². The van der Waals surface area contributed by atoms with E-state index < -0.39 is 0 Å². The molecule has 138 valence electrons. The van der Waals surface area contributed by atoms with Crippen LogP contribution in [0.15, 0.2) is 59.1 Å². The minimum Gasteiger partial charge on any atom is -0.489 e. The summed E-state index contributed by atoms with van der Waals surface area (Å²) in [4.78, 5) is 4.59. The summed E-state index contributed by atoms with van der Waals surface area (Å²) >= 11 is 0. The summed E-state index contributed by atoms with van der Waals surface area (Å²) in [5.41, 5.74) is 8.39. The second-order valence-electron chi connectivity index (χ2n) is 7.76. The first-order valence-corrected chi connectivity index (χ1v) is 9.61. The molecule has 2 saturated carbocycles. The van der Waals surface area contributed by atoms with Crippen LogP contribution in [-0.4, -0.2) is 10.1 Å². The minimum absolute atomic E-state index is 0.311. The summed E-state index contributed by atoms with van der Waals surface area (Å²) < 4.78 is 11.4. The highest BCUT2D eigenvalue weighted by molar-refractivity contribution is 5.35. The first-order chi connectivity index (χ1) is 13.2. The van der Waals surface area contributed by atoms with E-state index in [4.69, 9.17) is 15.0 Å². The van der Waals surface area contributed by atoms with Gasteiger partial charge >= 0.3 is 0 Å². The van der Waals surface area contributed by atoms with Crippen molar-refractivity contribution in [2.45, 2.75) is 49.7 Å². The van der Waals surface area contributed by atoms with Gasteiger partial charge in [0.1, 0.15) is 12.4 Å². The van der Waals surface area contributed by atoms with Crippen molar-refractivity contribution in [3.05, 3.63) is 77.4 Å². The van der Waals surface area contributed by atoms with E-state index in [9.17, 15) is 0 Å². The van der Waals surface area contributed by atoms with Gasteiger partial charge in [0.05, 0.1) is 5.54 Å². The van der Waals surface area contributed by atoms with Gasteiger partial charge in [-0.25, -0.2) is 0 Å². The summed E-state index contributed by atoms with van der Waals surface area (Å²) in [6.07, 6.45) is 4.09. The van der Waals surface area contributed by atoms with Crippen molar-refractivity contribution in [2.75, 3.05) is 0 Å². The maximum absolute atomic E-state index is 6.29. The van der Waals surface area contributed by atoms with Gasteiger partial charge in [-0.15, -0.1) is 0 Å². The van der Waals surface area contributed by atoms with Gasteiger partial charge in [-0.1, -0.05) is 47.6 Å². The zero-order valence-corrected chi connectivity index (χ0v) is 15.2. The van der Waals surface area contributed by atoms with Gasteiger partial charge < -0.3 is 15.0 Å². The maximum atomic E-state index is 6.29. The Kier molecular flexibility index (Phi) is 3.97. The number of aromatic nitrogens is 2. The molecule has 2 N–H and O–H groups in total. The van der Waals surface area contributed by atoms with Gasteiger partial charge in [0, 0.05) is 5.92 Å². The summed E-state index contributed by atoms with van der Waals surface area (Å²) in [6, 6.07) is 18.5. The van der Waals surface area contributed by atoms with Crippen molar-refractivity contribution >= 4 is 0 Å². The van der Waals surface area contributed by atoms with Gasteiger partial charge in [-0.05, 0) is 54.9 Å². The predicted molar refractivity (Wildman–Crippen MR) is 101 cm³/mol. The average molecular weight is 361 g/mol. The quantitative estimate of drug-likeness (QED) is 0.710. The molecule has 5 rings (SSSR count). The number of nitrogens with two attached hydrogens (primary N) is 1. The molecule has 2 aliphatic carbocycles. The van der Waals surface area contributed by atoms with E-state index in [1.54, 1.807) is 0 Å². The van der Waals surface area contributed by atoms with E-state index in [1.165, 1.54) is 11.1 Å². The first kappa shape index (κ1) is 16.5. The van der Waals surface area contributed by atoms with Gasteiger partial charge in [0.15, 0.2) is 5.82 Å². The second kappa shape index (κ2) is 6.50. The molecular weight excluding hydrogens is 338 g/mol. The summed E-state index contributed by atoms with van der Waals surface area (Å²) in [5.74, 6) is 3.05. The number of hydrogen-bond acceptors (Lipinski definition) is 5. The normalized spacial score (nSPS) is 22.9. The van der Waals surface area contributed by atoms with E-state index in [1.807, 2.05) is 30.3 Å². The Hall–Kier alpha value is -2.66. The van der Waals surface area contributed by atoms with Crippen LogP contribution >= 0.6 is 0 Å². The van der Waals surface area contributed by atoms with Crippen LogP contribution in [0, 0.1) is 0 Å². The van der Waals surface area contributed by atoms with Crippen LogP contribution in [0.3, 0.4) is 0 Å². The molecular formula is C22H23N3O2. The fourth-order valence-corrected chi connectivity index (χ4v) is 3.76. The molecule has 5 heteroatoms. The van der Waals surface area contributed by atoms with E-state index in [-0.39, 0.29) is 5.54 Å². The first-order valence-electron chi connectivity index (χ1n) is 9.61. The average Bonchev–Trinajstić information content (AvgIpc) is 3.33. The van der Waals surface area contributed by atoms with E-state index in [0.717, 1.165) is 37.3 Å². The molecule has 2 aliphatic rings. The Morgan fingerprint density at radius 3 is 2.52 bits per heavy atom. The van der Waals surface area contributed by atoms with Crippen molar-refractivity contribution in [2.24, 2.45) is 5.73 Å². The van der Waals surface area contributed by atoms with Crippen LogP contribution in [0.4, 0.5) is 0 Å². The second-order valence-corrected chi connectivity index (χ2v) is 7.76. The van der Waals surface area contributed by atoms with Crippen molar-refractivity contribution in [3.63, 3.8) is 0 Å². The van der Waals surface area contributed by atoms with Gasteiger partial charge in [-0.3, -0.25) is 0 Å². The minimum atomic E-state index is -0.357. The molecule has 0 aliphatic heterocycles. The molecule has 5 nitrogen and oxygen atoms in total. The molecule has 3 aromatic rings. The lowest BCUT2D eigenvalue weighted by molar-refractivity contribution is 0.229. The molecule has 2 fully saturated rings. The smallest absolute Gasteiger partial charge is 0.230 e. The standard InChI is InChI=1S/C22H23N3O2/c23-22(11-4-12-22)21-24-20(27-25-21)19-13-18(19)16-7-9-17(10-8-16)26-14-15-5-2-1-3-6-15/h1-3,5-10,18-19H,4,11-14,23H2. The number of nitrogens with zero attached hydrogens (tertiary/aromatic N) is 2. The number of rotatable bonds is 6. The van der Waals surface area contributed by atoms with Crippen molar-refractivity contribution in [1.82, 2.24) is 10.1 Å². The van der Waals surface area contributed by atoms with Crippen molar-refractivity contribution in [3.8, 4) is 5.75 Å². The summed E-state index contributed by atoms with van der Waals surface area (Å²) in [7, 11) is 0. The molecule has 0 radical (unpaired) electrons. The number of hydrogen-bond donors (Lipinski definition) is 1. The lowest BCUT2D eigenvalue weighted by atomic mass is 9.77. The zero-order chi connectivity index (χ0) is 18.3. The molecule has 2 aromatic carbocycles. The third-order valence-corrected chi connectivity index (χ3v) is 5.80. The molecule has 27 heavy (non-hydrogen) atoms. The molecule has 1 aromatic heterocycles. The van der Waals surface area contributed by atoms with Crippen LogP contribution in [0.2, 0.25) is 0 Å². The molecule has 2 atom stereocenters. The van der Waals surface area contributed by atoms with E-state index in [2.05, 4.69) is 34.4 Å². The van der Waals surface area contributed by atoms with Crippen LogP contribution < -0.4 is 10.5 Å². The fourth-order valence-electron chi connectivity index (χ4n) is 3.76. The highest BCUT2D eigenvalue weighted by Crippen LogP contribution is 2.54. The molecule has 2 unspecified atom stereocenters. The third-order valence-electron chi connectivity index (χ3n) is 5.80. The monoisotopic (exact) mass is 361 g/mol. The molecule has 0 spiro atoms. The maximum Gasteiger partial charge on any atom is 0.230 e. The number of ether oxygens (including phenoxy) is 1. The Labute approximate surface area is 158 Å². The Morgan fingerprint density at radius 2 is 1.81 bits per heavy atom. The highest BCUT2D eigenvalue weighted by atomic mass is 16.5. The topological polar surface area (TPSA) is 74.2 Å². The summed E-state index contributed by atoms with van der Waals surface area (Å²) in [5, 5.41) is 4.14. The Balaban J connectivity index is 1.20.